The number of aromatic nitrogens is 2. The SMILES string of the molecule is Cc1cc(C)n(-c2ccccc2NC(=O)N2CCN(Cc3ccsc3)CC2)n1. The Balaban J connectivity index is 1.40. The molecule has 2 amide bonds. The van der Waals surface area contributed by atoms with E-state index in [9.17, 15) is 4.79 Å². The molecule has 1 aliphatic heterocycles. The van der Waals surface area contributed by atoms with Gasteiger partial charge in [0.15, 0.2) is 0 Å². The lowest BCUT2D eigenvalue weighted by Crippen LogP contribution is -2.49. The smallest absolute Gasteiger partial charge is 0.321 e. The molecule has 0 atom stereocenters. The highest BCUT2D eigenvalue weighted by atomic mass is 32.1. The van der Waals surface area contributed by atoms with Gasteiger partial charge in [-0.05, 0) is 54.4 Å². The first-order chi connectivity index (χ1) is 13.6. The molecule has 1 N–H and O–H groups in total. The summed E-state index contributed by atoms with van der Waals surface area (Å²) in [4.78, 5) is 17.1. The fourth-order valence-electron chi connectivity index (χ4n) is 3.58. The van der Waals surface area contributed by atoms with E-state index in [1.165, 1.54) is 5.56 Å². The lowest BCUT2D eigenvalue weighted by molar-refractivity contribution is 0.143. The quantitative estimate of drug-likeness (QED) is 0.729. The largest absolute Gasteiger partial charge is 0.322 e. The van der Waals surface area contributed by atoms with Crippen LogP contribution < -0.4 is 5.32 Å². The predicted molar refractivity (Wildman–Crippen MR) is 113 cm³/mol. The van der Waals surface area contributed by atoms with Gasteiger partial charge in [0.05, 0.1) is 17.1 Å². The van der Waals surface area contributed by atoms with Crippen molar-refractivity contribution in [3.8, 4) is 5.69 Å². The van der Waals surface area contributed by atoms with Crippen LogP contribution in [-0.2, 0) is 6.54 Å². The number of carbonyl (C=O) groups excluding carboxylic acids is 1. The van der Waals surface area contributed by atoms with E-state index in [4.69, 9.17) is 0 Å². The van der Waals surface area contributed by atoms with Crippen LogP contribution in [-0.4, -0.2) is 51.8 Å². The number of nitrogens with one attached hydrogen (secondary N) is 1. The number of para-hydroxylation sites is 2. The molecule has 1 aromatic carbocycles. The number of piperazine rings is 1. The van der Waals surface area contributed by atoms with Gasteiger partial charge in [0, 0.05) is 38.4 Å². The van der Waals surface area contributed by atoms with Crippen LogP contribution in [0.1, 0.15) is 17.0 Å². The number of benzene rings is 1. The molecule has 2 aromatic heterocycles. The number of anilines is 1. The van der Waals surface area contributed by atoms with E-state index in [2.05, 4.69) is 32.1 Å². The van der Waals surface area contributed by atoms with Crippen molar-refractivity contribution in [2.45, 2.75) is 20.4 Å². The van der Waals surface area contributed by atoms with Gasteiger partial charge in [-0.15, -0.1) is 0 Å². The maximum absolute atomic E-state index is 12.8. The lowest BCUT2D eigenvalue weighted by atomic mass is 10.2. The highest BCUT2D eigenvalue weighted by molar-refractivity contribution is 7.07. The minimum absolute atomic E-state index is 0.0517. The molecule has 6 nitrogen and oxygen atoms in total. The molecule has 0 saturated carbocycles. The van der Waals surface area contributed by atoms with Crippen LogP contribution >= 0.6 is 11.3 Å². The molecular formula is C21H25N5OS. The van der Waals surface area contributed by atoms with Crippen molar-refractivity contribution >= 4 is 23.1 Å². The van der Waals surface area contributed by atoms with E-state index in [0.29, 0.717) is 0 Å². The molecule has 28 heavy (non-hydrogen) atoms. The molecule has 1 aliphatic rings. The van der Waals surface area contributed by atoms with E-state index in [0.717, 1.165) is 55.5 Å². The second-order valence-corrected chi connectivity index (χ2v) is 7.96. The Kier molecular flexibility index (Phi) is 5.45. The Morgan fingerprint density at radius 2 is 1.93 bits per heavy atom. The highest BCUT2D eigenvalue weighted by Gasteiger charge is 2.22. The summed E-state index contributed by atoms with van der Waals surface area (Å²) in [6.07, 6.45) is 0. The summed E-state index contributed by atoms with van der Waals surface area (Å²) in [5.41, 5.74) is 5.01. The second-order valence-electron chi connectivity index (χ2n) is 7.18. The molecule has 1 saturated heterocycles. The number of amides is 2. The highest BCUT2D eigenvalue weighted by Crippen LogP contribution is 2.22. The van der Waals surface area contributed by atoms with Crippen LogP contribution in [0.25, 0.3) is 5.69 Å². The average molecular weight is 396 g/mol. The molecule has 4 rings (SSSR count). The monoisotopic (exact) mass is 395 g/mol. The third kappa shape index (κ3) is 4.10. The first-order valence-corrected chi connectivity index (χ1v) is 10.5. The van der Waals surface area contributed by atoms with E-state index in [1.54, 1.807) is 11.3 Å². The first-order valence-electron chi connectivity index (χ1n) is 9.52. The molecule has 3 heterocycles. The Morgan fingerprint density at radius 3 is 2.61 bits per heavy atom. The van der Waals surface area contributed by atoms with Crippen LogP contribution in [0.3, 0.4) is 0 Å². The number of hydrogen-bond donors (Lipinski definition) is 1. The van der Waals surface area contributed by atoms with E-state index in [1.807, 2.05) is 53.8 Å². The molecule has 0 bridgehead atoms. The number of thiophene rings is 1. The molecule has 0 aliphatic carbocycles. The van der Waals surface area contributed by atoms with Crippen molar-refractivity contribution in [3.05, 3.63) is 64.1 Å². The van der Waals surface area contributed by atoms with Crippen LogP contribution in [0, 0.1) is 13.8 Å². The Hall–Kier alpha value is -2.64. The van der Waals surface area contributed by atoms with Crippen LogP contribution in [0.15, 0.2) is 47.2 Å². The van der Waals surface area contributed by atoms with Crippen molar-refractivity contribution in [1.29, 1.82) is 0 Å². The molecule has 1 fully saturated rings. The average Bonchev–Trinajstić information content (AvgIpc) is 3.32. The normalized spacial score (nSPS) is 15.0. The zero-order valence-electron chi connectivity index (χ0n) is 16.3. The fraction of sp³-hybridized carbons (Fsp3) is 0.333. The van der Waals surface area contributed by atoms with E-state index >= 15 is 0 Å². The number of urea groups is 1. The minimum Gasteiger partial charge on any atom is -0.322 e. The van der Waals surface area contributed by atoms with Gasteiger partial charge in [-0.2, -0.15) is 16.4 Å². The molecule has 0 spiro atoms. The van der Waals surface area contributed by atoms with Crippen molar-refractivity contribution in [2.24, 2.45) is 0 Å². The van der Waals surface area contributed by atoms with Crippen LogP contribution in [0.4, 0.5) is 10.5 Å². The summed E-state index contributed by atoms with van der Waals surface area (Å²) in [5, 5.41) is 11.9. The zero-order valence-corrected chi connectivity index (χ0v) is 17.1. The first kappa shape index (κ1) is 18.7. The number of aryl methyl sites for hydroxylation is 2. The molecule has 146 valence electrons. The summed E-state index contributed by atoms with van der Waals surface area (Å²) in [6.45, 7) is 8.20. The maximum Gasteiger partial charge on any atom is 0.321 e. The minimum atomic E-state index is -0.0517. The maximum atomic E-state index is 12.8. The molecular weight excluding hydrogens is 370 g/mol. The predicted octanol–water partition coefficient (Wildman–Crippen LogP) is 3.90. The van der Waals surface area contributed by atoms with Gasteiger partial charge in [0.1, 0.15) is 0 Å². The number of nitrogens with zero attached hydrogens (tertiary/aromatic N) is 4. The van der Waals surface area contributed by atoms with E-state index in [-0.39, 0.29) is 6.03 Å². The number of carbonyl (C=O) groups is 1. The molecule has 0 unspecified atom stereocenters. The second kappa shape index (κ2) is 8.16. The van der Waals surface area contributed by atoms with E-state index < -0.39 is 0 Å². The summed E-state index contributed by atoms with van der Waals surface area (Å²) >= 11 is 1.73. The Morgan fingerprint density at radius 1 is 1.14 bits per heavy atom. The van der Waals surface area contributed by atoms with Crippen molar-refractivity contribution in [1.82, 2.24) is 19.6 Å². The summed E-state index contributed by atoms with van der Waals surface area (Å²) < 4.78 is 1.88. The zero-order chi connectivity index (χ0) is 19.5. The summed E-state index contributed by atoms with van der Waals surface area (Å²) in [7, 11) is 0. The van der Waals surface area contributed by atoms with Crippen molar-refractivity contribution in [3.63, 3.8) is 0 Å². The number of hydrogen-bond acceptors (Lipinski definition) is 4. The third-order valence-corrected chi connectivity index (χ3v) is 5.76. The van der Waals surface area contributed by atoms with Gasteiger partial charge in [-0.25, -0.2) is 9.48 Å². The summed E-state index contributed by atoms with van der Waals surface area (Å²) in [6, 6.07) is 12.0. The Labute approximate surface area is 169 Å². The topological polar surface area (TPSA) is 53.4 Å². The van der Waals surface area contributed by atoms with Gasteiger partial charge < -0.3 is 10.2 Å². The van der Waals surface area contributed by atoms with Gasteiger partial charge in [0.25, 0.3) is 0 Å². The van der Waals surface area contributed by atoms with Gasteiger partial charge in [-0.1, -0.05) is 12.1 Å². The molecule has 3 aromatic rings. The van der Waals surface area contributed by atoms with Crippen LogP contribution in [0.5, 0.6) is 0 Å². The van der Waals surface area contributed by atoms with Gasteiger partial charge in [-0.3, -0.25) is 4.90 Å². The molecule has 0 radical (unpaired) electrons. The third-order valence-electron chi connectivity index (χ3n) is 5.03. The summed E-state index contributed by atoms with van der Waals surface area (Å²) in [5.74, 6) is 0. The van der Waals surface area contributed by atoms with Gasteiger partial charge >= 0.3 is 6.03 Å². The van der Waals surface area contributed by atoms with Crippen LogP contribution in [0.2, 0.25) is 0 Å². The fourth-order valence-corrected chi connectivity index (χ4v) is 4.24. The van der Waals surface area contributed by atoms with Crippen molar-refractivity contribution in [2.75, 3.05) is 31.5 Å². The Bertz CT molecular complexity index is 942. The number of rotatable bonds is 4. The van der Waals surface area contributed by atoms with Gasteiger partial charge in [0.2, 0.25) is 0 Å². The van der Waals surface area contributed by atoms with Crippen molar-refractivity contribution < 1.29 is 4.79 Å². The molecule has 7 heteroatoms. The standard InChI is InChI=1S/C21H25N5OS/c1-16-13-17(2)26(23-16)20-6-4-3-5-19(20)22-21(27)25-10-8-24(9-11-25)14-18-7-12-28-15-18/h3-7,12-13,15H,8-11,14H2,1-2H3,(H,22,27). The lowest BCUT2D eigenvalue weighted by Gasteiger charge is -2.34.